The molecule has 0 saturated carbocycles. The largest absolute Gasteiger partial charge is 0.329 e. The minimum absolute atomic E-state index is 0.486. The van der Waals surface area contributed by atoms with Crippen molar-refractivity contribution in [2.24, 2.45) is 5.73 Å². The van der Waals surface area contributed by atoms with Crippen molar-refractivity contribution in [1.29, 1.82) is 0 Å². The van der Waals surface area contributed by atoms with Crippen molar-refractivity contribution in [3.63, 3.8) is 0 Å². The lowest BCUT2D eigenvalue weighted by Gasteiger charge is -2.22. The summed E-state index contributed by atoms with van der Waals surface area (Å²) >= 11 is 0. The minimum atomic E-state index is 0.486. The first kappa shape index (κ1) is 9.66. The Labute approximate surface area is 63.7 Å². The van der Waals surface area contributed by atoms with Gasteiger partial charge in [-0.25, -0.2) is 0 Å². The number of hydrogen-bond donors (Lipinski definition) is 1. The summed E-state index contributed by atoms with van der Waals surface area (Å²) in [5, 5.41) is 0. The lowest BCUT2D eigenvalue weighted by Crippen LogP contribution is -2.35. The molecule has 0 aliphatic rings. The first-order valence-electron chi connectivity index (χ1n) is 3.73. The molecule has 2 N–H and O–H groups in total. The highest BCUT2D eigenvalue weighted by Crippen LogP contribution is 1.94. The summed E-state index contributed by atoms with van der Waals surface area (Å²) < 4.78 is 0. The number of nitrogens with zero attached hydrogens (tertiary/aromatic N) is 1. The first-order valence-corrected chi connectivity index (χ1v) is 3.73. The van der Waals surface area contributed by atoms with E-state index < -0.39 is 0 Å². The molecule has 0 aromatic rings. The molecule has 1 atom stereocenters. The molecule has 0 aliphatic carbocycles. The van der Waals surface area contributed by atoms with Gasteiger partial charge in [0.25, 0.3) is 0 Å². The SMILES string of the molecule is C=CCCN(C)C(C)CN. The van der Waals surface area contributed by atoms with E-state index in [1.807, 2.05) is 6.08 Å². The van der Waals surface area contributed by atoms with Crippen LogP contribution in [0.1, 0.15) is 13.3 Å². The molecule has 0 aromatic carbocycles. The van der Waals surface area contributed by atoms with Gasteiger partial charge in [0.2, 0.25) is 0 Å². The topological polar surface area (TPSA) is 29.3 Å². The highest BCUT2D eigenvalue weighted by Gasteiger charge is 2.03. The van der Waals surface area contributed by atoms with Crippen molar-refractivity contribution < 1.29 is 0 Å². The predicted octanol–water partition coefficient (Wildman–Crippen LogP) is 0.841. The fourth-order valence-corrected chi connectivity index (χ4v) is 0.695. The lowest BCUT2D eigenvalue weighted by molar-refractivity contribution is 0.268. The van der Waals surface area contributed by atoms with Gasteiger partial charge in [-0.3, -0.25) is 0 Å². The number of rotatable bonds is 5. The van der Waals surface area contributed by atoms with Gasteiger partial charge in [-0.1, -0.05) is 6.08 Å². The van der Waals surface area contributed by atoms with Crippen LogP contribution in [0.5, 0.6) is 0 Å². The summed E-state index contributed by atoms with van der Waals surface area (Å²) in [7, 11) is 2.08. The van der Waals surface area contributed by atoms with Crippen LogP contribution in [-0.2, 0) is 0 Å². The highest BCUT2D eigenvalue weighted by atomic mass is 15.1. The van der Waals surface area contributed by atoms with E-state index in [0.29, 0.717) is 6.04 Å². The van der Waals surface area contributed by atoms with Gasteiger partial charge in [-0.15, -0.1) is 6.58 Å². The Kier molecular flexibility index (Phi) is 5.26. The molecule has 10 heavy (non-hydrogen) atoms. The molecule has 0 saturated heterocycles. The van der Waals surface area contributed by atoms with Gasteiger partial charge in [0.15, 0.2) is 0 Å². The molecule has 0 radical (unpaired) electrons. The fraction of sp³-hybridized carbons (Fsp3) is 0.750. The van der Waals surface area contributed by atoms with E-state index in [1.165, 1.54) is 0 Å². The van der Waals surface area contributed by atoms with Crippen LogP contribution in [0.4, 0.5) is 0 Å². The summed E-state index contributed by atoms with van der Waals surface area (Å²) in [6.07, 6.45) is 2.97. The molecule has 0 aromatic heterocycles. The minimum Gasteiger partial charge on any atom is -0.329 e. The van der Waals surface area contributed by atoms with Crippen LogP contribution in [0, 0.1) is 0 Å². The Hall–Kier alpha value is -0.340. The van der Waals surface area contributed by atoms with Crippen LogP contribution in [0.2, 0.25) is 0 Å². The van der Waals surface area contributed by atoms with Gasteiger partial charge >= 0.3 is 0 Å². The summed E-state index contributed by atoms with van der Waals surface area (Å²) in [5.74, 6) is 0. The third-order valence-corrected chi connectivity index (χ3v) is 1.78. The van der Waals surface area contributed by atoms with Crippen LogP contribution < -0.4 is 5.73 Å². The van der Waals surface area contributed by atoms with Crippen molar-refractivity contribution in [3.05, 3.63) is 12.7 Å². The Morgan fingerprint density at radius 1 is 1.70 bits per heavy atom. The molecule has 0 fully saturated rings. The van der Waals surface area contributed by atoms with Crippen LogP contribution >= 0.6 is 0 Å². The third-order valence-electron chi connectivity index (χ3n) is 1.78. The van der Waals surface area contributed by atoms with Gasteiger partial charge in [0.1, 0.15) is 0 Å². The second kappa shape index (κ2) is 5.45. The predicted molar refractivity (Wildman–Crippen MR) is 46.0 cm³/mol. The maximum absolute atomic E-state index is 5.48. The smallest absolute Gasteiger partial charge is 0.0187 e. The van der Waals surface area contributed by atoms with E-state index in [9.17, 15) is 0 Å². The van der Waals surface area contributed by atoms with Crippen molar-refractivity contribution in [2.45, 2.75) is 19.4 Å². The molecule has 0 rings (SSSR count). The van der Waals surface area contributed by atoms with Gasteiger partial charge in [-0.2, -0.15) is 0 Å². The van der Waals surface area contributed by atoms with Gasteiger partial charge in [0, 0.05) is 19.1 Å². The first-order chi connectivity index (χ1) is 4.72. The van der Waals surface area contributed by atoms with E-state index in [0.717, 1.165) is 19.5 Å². The number of likely N-dealkylation sites (N-methyl/N-ethyl adjacent to an activating group) is 1. The third kappa shape index (κ3) is 3.64. The fourth-order valence-electron chi connectivity index (χ4n) is 0.695. The van der Waals surface area contributed by atoms with Crippen molar-refractivity contribution in [3.8, 4) is 0 Å². The van der Waals surface area contributed by atoms with Gasteiger partial charge in [-0.05, 0) is 20.4 Å². The standard InChI is InChI=1S/C8H18N2/c1-4-5-6-10(3)8(2)7-9/h4,8H,1,5-7,9H2,2-3H3. The Morgan fingerprint density at radius 2 is 2.30 bits per heavy atom. The monoisotopic (exact) mass is 142 g/mol. The Bertz CT molecular complexity index is 91.3. The highest BCUT2D eigenvalue weighted by molar-refractivity contribution is 4.71. The Morgan fingerprint density at radius 3 is 2.70 bits per heavy atom. The number of hydrogen-bond acceptors (Lipinski definition) is 2. The molecule has 0 heterocycles. The second-order valence-electron chi connectivity index (χ2n) is 2.64. The zero-order valence-corrected chi connectivity index (χ0v) is 7.01. The normalized spacial score (nSPS) is 13.6. The Balaban J connectivity index is 3.40. The summed E-state index contributed by atoms with van der Waals surface area (Å²) in [4.78, 5) is 2.24. The quantitative estimate of drug-likeness (QED) is 0.576. The van der Waals surface area contributed by atoms with Crippen molar-refractivity contribution in [2.75, 3.05) is 20.1 Å². The molecule has 2 nitrogen and oxygen atoms in total. The van der Waals surface area contributed by atoms with Crippen molar-refractivity contribution >= 4 is 0 Å². The molecular formula is C8H18N2. The van der Waals surface area contributed by atoms with Crippen LogP contribution in [-0.4, -0.2) is 31.1 Å². The van der Waals surface area contributed by atoms with Gasteiger partial charge < -0.3 is 10.6 Å². The molecule has 60 valence electrons. The lowest BCUT2D eigenvalue weighted by atomic mass is 10.3. The van der Waals surface area contributed by atoms with Crippen LogP contribution in [0.25, 0.3) is 0 Å². The number of nitrogens with two attached hydrogens (primary N) is 1. The van der Waals surface area contributed by atoms with Gasteiger partial charge in [0.05, 0.1) is 0 Å². The molecular weight excluding hydrogens is 124 g/mol. The van der Waals surface area contributed by atoms with Crippen LogP contribution in [0.3, 0.4) is 0 Å². The molecule has 0 spiro atoms. The molecule has 0 amide bonds. The second-order valence-corrected chi connectivity index (χ2v) is 2.64. The van der Waals surface area contributed by atoms with E-state index in [2.05, 4.69) is 25.5 Å². The zero-order chi connectivity index (χ0) is 7.98. The average molecular weight is 142 g/mol. The van der Waals surface area contributed by atoms with E-state index >= 15 is 0 Å². The van der Waals surface area contributed by atoms with E-state index in [1.54, 1.807) is 0 Å². The zero-order valence-electron chi connectivity index (χ0n) is 7.01. The maximum Gasteiger partial charge on any atom is 0.0187 e. The van der Waals surface area contributed by atoms with Crippen molar-refractivity contribution in [1.82, 2.24) is 4.90 Å². The summed E-state index contributed by atoms with van der Waals surface area (Å²) in [6, 6.07) is 0.486. The van der Waals surface area contributed by atoms with E-state index in [-0.39, 0.29) is 0 Å². The summed E-state index contributed by atoms with van der Waals surface area (Å²) in [6.45, 7) is 7.58. The molecule has 2 heteroatoms. The summed E-state index contributed by atoms with van der Waals surface area (Å²) in [5.41, 5.74) is 5.48. The van der Waals surface area contributed by atoms with Crippen LogP contribution in [0.15, 0.2) is 12.7 Å². The average Bonchev–Trinajstić information content (AvgIpc) is 1.98. The van der Waals surface area contributed by atoms with E-state index in [4.69, 9.17) is 5.73 Å². The maximum atomic E-state index is 5.48. The molecule has 0 aliphatic heterocycles. The molecule has 0 bridgehead atoms. The molecule has 1 unspecified atom stereocenters.